The Labute approximate surface area is 110 Å². The largest absolute Gasteiger partial charge is 0.529 e. The molecule has 0 atom stereocenters. The summed E-state index contributed by atoms with van der Waals surface area (Å²) in [6.45, 7) is 9.67. The standard InChI is InChI=1S/C9H20Br2O3Si/c1-5-9(10,11)15(12-6-2,13-7-3)14-8-4/h5-8H2,1-4H3. The topological polar surface area (TPSA) is 27.7 Å². The summed E-state index contributed by atoms with van der Waals surface area (Å²) in [5.41, 5.74) is 0. The fourth-order valence-corrected chi connectivity index (χ4v) is 5.75. The molecule has 0 saturated carbocycles. The molecule has 0 rings (SSSR count). The molecule has 15 heavy (non-hydrogen) atoms. The van der Waals surface area contributed by atoms with E-state index < -0.39 is 11.7 Å². The van der Waals surface area contributed by atoms with Crippen molar-refractivity contribution in [3.63, 3.8) is 0 Å². The van der Waals surface area contributed by atoms with Crippen LogP contribution in [0.2, 0.25) is 0 Å². The zero-order chi connectivity index (χ0) is 11.9. The van der Waals surface area contributed by atoms with Gasteiger partial charge in [0.1, 0.15) is 2.86 Å². The van der Waals surface area contributed by atoms with Crippen molar-refractivity contribution in [2.45, 2.75) is 37.0 Å². The Kier molecular flexibility index (Phi) is 7.92. The summed E-state index contributed by atoms with van der Waals surface area (Å²) >= 11 is 7.22. The molecule has 0 aromatic carbocycles. The minimum Gasteiger partial charge on any atom is -0.372 e. The first-order valence-corrected chi connectivity index (χ1v) is 8.60. The van der Waals surface area contributed by atoms with E-state index in [0.29, 0.717) is 19.8 Å². The van der Waals surface area contributed by atoms with Gasteiger partial charge in [0, 0.05) is 19.8 Å². The third kappa shape index (κ3) is 4.09. The molecule has 0 saturated heterocycles. The Morgan fingerprint density at radius 1 is 0.867 bits per heavy atom. The maximum Gasteiger partial charge on any atom is 0.529 e. The molecule has 0 heterocycles. The number of rotatable bonds is 8. The van der Waals surface area contributed by atoms with Gasteiger partial charge in [0.2, 0.25) is 0 Å². The first-order chi connectivity index (χ1) is 6.99. The minimum absolute atomic E-state index is 0.394. The average Bonchev–Trinajstić information content (AvgIpc) is 2.18. The summed E-state index contributed by atoms with van der Waals surface area (Å²) in [5, 5.41) is 0. The van der Waals surface area contributed by atoms with Gasteiger partial charge in [-0.2, -0.15) is 0 Å². The van der Waals surface area contributed by atoms with Crippen LogP contribution in [0.25, 0.3) is 0 Å². The predicted octanol–water partition coefficient (Wildman–Crippen LogP) is 3.47. The first-order valence-electron chi connectivity index (χ1n) is 5.29. The third-order valence-corrected chi connectivity index (χ3v) is 9.19. The van der Waals surface area contributed by atoms with Crippen molar-refractivity contribution in [3.8, 4) is 0 Å². The molecule has 0 spiro atoms. The molecule has 0 radical (unpaired) electrons. The van der Waals surface area contributed by atoms with Gasteiger partial charge in [-0.25, -0.2) is 0 Å². The SMILES string of the molecule is CCO[Si](OCC)(OCC)C(Br)(Br)CC. The Morgan fingerprint density at radius 2 is 1.20 bits per heavy atom. The van der Waals surface area contributed by atoms with Crippen molar-refractivity contribution in [2.24, 2.45) is 0 Å². The Balaban J connectivity index is 4.90. The van der Waals surface area contributed by atoms with E-state index in [1.54, 1.807) is 0 Å². The number of alkyl halides is 2. The predicted molar refractivity (Wildman–Crippen MR) is 71.5 cm³/mol. The highest BCUT2D eigenvalue weighted by atomic mass is 79.9. The molecule has 0 unspecified atom stereocenters. The smallest absolute Gasteiger partial charge is 0.372 e. The monoisotopic (exact) mass is 362 g/mol. The van der Waals surface area contributed by atoms with E-state index in [2.05, 4.69) is 38.8 Å². The van der Waals surface area contributed by atoms with Crippen molar-refractivity contribution < 1.29 is 13.3 Å². The van der Waals surface area contributed by atoms with Crippen LogP contribution < -0.4 is 0 Å². The molecule has 0 aliphatic heterocycles. The van der Waals surface area contributed by atoms with Gasteiger partial charge in [-0.1, -0.05) is 38.8 Å². The molecule has 92 valence electrons. The lowest BCUT2D eigenvalue weighted by Crippen LogP contribution is -2.59. The maximum absolute atomic E-state index is 5.77. The van der Waals surface area contributed by atoms with Crippen LogP contribution in [0.15, 0.2) is 0 Å². The fourth-order valence-electron chi connectivity index (χ4n) is 1.23. The van der Waals surface area contributed by atoms with E-state index in [0.717, 1.165) is 6.42 Å². The molecule has 0 aliphatic rings. The minimum atomic E-state index is -2.69. The molecule has 0 aliphatic carbocycles. The molecule has 0 amide bonds. The lowest BCUT2D eigenvalue weighted by Gasteiger charge is -2.37. The van der Waals surface area contributed by atoms with Crippen LogP contribution in [-0.2, 0) is 13.3 Å². The van der Waals surface area contributed by atoms with Crippen LogP contribution in [0.3, 0.4) is 0 Å². The van der Waals surface area contributed by atoms with Gasteiger partial charge in [0.05, 0.1) is 0 Å². The zero-order valence-electron chi connectivity index (χ0n) is 9.81. The number of halogens is 2. The van der Waals surface area contributed by atoms with Crippen molar-refractivity contribution in [2.75, 3.05) is 19.8 Å². The van der Waals surface area contributed by atoms with Crippen molar-refractivity contribution in [1.29, 1.82) is 0 Å². The second kappa shape index (κ2) is 7.40. The molecule has 0 bridgehead atoms. The van der Waals surface area contributed by atoms with Gasteiger partial charge in [0.25, 0.3) is 0 Å². The van der Waals surface area contributed by atoms with Gasteiger partial charge >= 0.3 is 8.80 Å². The lowest BCUT2D eigenvalue weighted by molar-refractivity contribution is 0.0674. The number of hydrogen-bond acceptors (Lipinski definition) is 3. The highest BCUT2D eigenvalue weighted by Crippen LogP contribution is 2.41. The van der Waals surface area contributed by atoms with Gasteiger partial charge in [-0.15, -0.1) is 0 Å². The number of hydrogen-bond donors (Lipinski definition) is 0. The van der Waals surface area contributed by atoms with Crippen LogP contribution in [0, 0.1) is 0 Å². The zero-order valence-corrected chi connectivity index (χ0v) is 14.0. The molecule has 3 nitrogen and oxygen atoms in total. The first kappa shape index (κ1) is 16.1. The summed E-state index contributed by atoms with van der Waals surface area (Å²) in [6.07, 6.45) is 0.833. The fraction of sp³-hybridized carbons (Fsp3) is 1.00. The second-order valence-corrected chi connectivity index (χ2v) is 11.0. The molecule has 0 aromatic heterocycles. The van der Waals surface area contributed by atoms with Gasteiger partial charge in [0.15, 0.2) is 0 Å². The molecule has 6 heteroatoms. The summed E-state index contributed by atoms with van der Waals surface area (Å²) in [6, 6.07) is 0. The van der Waals surface area contributed by atoms with Crippen molar-refractivity contribution in [3.05, 3.63) is 0 Å². The van der Waals surface area contributed by atoms with Gasteiger partial charge in [-0.3, -0.25) is 0 Å². The molecule has 0 N–H and O–H groups in total. The highest BCUT2D eigenvalue weighted by molar-refractivity contribution is 9.26. The van der Waals surface area contributed by atoms with Crippen LogP contribution >= 0.6 is 31.9 Å². The van der Waals surface area contributed by atoms with Crippen LogP contribution in [0.5, 0.6) is 0 Å². The van der Waals surface area contributed by atoms with E-state index in [4.69, 9.17) is 13.3 Å². The van der Waals surface area contributed by atoms with E-state index in [-0.39, 0.29) is 0 Å². The summed E-state index contributed by atoms with van der Waals surface area (Å²) < 4.78 is 16.9. The molecular weight excluding hydrogens is 344 g/mol. The van der Waals surface area contributed by atoms with Gasteiger partial charge in [-0.05, 0) is 27.2 Å². The van der Waals surface area contributed by atoms with Crippen molar-refractivity contribution in [1.82, 2.24) is 0 Å². The van der Waals surface area contributed by atoms with Crippen LogP contribution in [-0.4, -0.2) is 31.5 Å². The van der Waals surface area contributed by atoms with Gasteiger partial charge < -0.3 is 13.3 Å². The maximum atomic E-state index is 5.77. The molecule has 0 fully saturated rings. The summed E-state index contributed by atoms with van der Waals surface area (Å²) in [4.78, 5) is 0. The summed E-state index contributed by atoms with van der Waals surface area (Å²) in [5.74, 6) is 0. The quantitative estimate of drug-likeness (QED) is 0.488. The van der Waals surface area contributed by atoms with Crippen LogP contribution in [0.4, 0.5) is 0 Å². The van der Waals surface area contributed by atoms with Crippen LogP contribution in [0.1, 0.15) is 34.1 Å². The average molecular weight is 364 g/mol. The Hall–Kier alpha value is 1.06. The van der Waals surface area contributed by atoms with E-state index in [1.165, 1.54) is 0 Å². The summed E-state index contributed by atoms with van der Waals surface area (Å²) in [7, 11) is -2.69. The van der Waals surface area contributed by atoms with E-state index in [9.17, 15) is 0 Å². The lowest BCUT2D eigenvalue weighted by atomic mass is 10.6. The Bertz CT molecular complexity index is 162. The van der Waals surface area contributed by atoms with E-state index in [1.807, 2.05) is 20.8 Å². The third-order valence-electron chi connectivity index (χ3n) is 1.90. The highest BCUT2D eigenvalue weighted by Gasteiger charge is 2.57. The molecule has 0 aromatic rings. The normalized spacial score (nSPS) is 13.2. The van der Waals surface area contributed by atoms with E-state index >= 15 is 0 Å². The second-order valence-electron chi connectivity index (χ2n) is 2.91. The Morgan fingerprint density at radius 3 is 1.40 bits per heavy atom. The van der Waals surface area contributed by atoms with Crippen molar-refractivity contribution >= 4 is 40.7 Å². The molecular formula is C9H20Br2O3Si.